The van der Waals surface area contributed by atoms with Crippen LogP contribution < -0.4 is 0 Å². The molecule has 1 aliphatic carbocycles. The second-order valence-corrected chi connectivity index (χ2v) is 4.24. The molecule has 78 valence electrons. The number of Topliss-reactive ketones (excluding diaryl/α,β-unsaturated/α-hetero) is 2. The zero-order valence-electron chi connectivity index (χ0n) is 8.24. The standard InChI is InChI=1S/C13H7ClO2/c14-11-8-5-1-3-7-4-2-6-9(10(7)8)12(15)13(11)16/h1-6,11H. The number of ketones is 2. The summed E-state index contributed by atoms with van der Waals surface area (Å²) >= 11 is 5.99. The van der Waals surface area contributed by atoms with E-state index in [9.17, 15) is 9.59 Å². The van der Waals surface area contributed by atoms with E-state index in [1.807, 2.05) is 18.2 Å². The summed E-state index contributed by atoms with van der Waals surface area (Å²) in [4.78, 5) is 23.4. The minimum absolute atomic E-state index is 0.468. The molecule has 0 fully saturated rings. The summed E-state index contributed by atoms with van der Waals surface area (Å²) in [5.41, 5.74) is 1.20. The van der Waals surface area contributed by atoms with E-state index >= 15 is 0 Å². The maximum atomic E-state index is 11.8. The van der Waals surface area contributed by atoms with Crippen LogP contribution in [0.3, 0.4) is 0 Å². The van der Waals surface area contributed by atoms with Gasteiger partial charge in [-0.25, -0.2) is 0 Å². The number of hydrogen-bond donors (Lipinski definition) is 0. The SMILES string of the molecule is O=C1C(=O)C(Cl)c2cccc3cccc1c23. The maximum absolute atomic E-state index is 11.8. The molecule has 1 aliphatic rings. The molecule has 1 atom stereocenters. The highest BCUT2D eigenvalue weighted by Gasteiger charge is 2.33. The fourth-order valence-electron chi connectivity index (χ4n) is 2.16. The van der Waals surface area contributed by atoms with Crippen molar-refractivity contribution in [2.75, 3.05) is 0 Å². The fourth-order valence-corrected chi connectivity index (χ4v) is 2.44. The molecule has 3 heteroatoms. The first-order valence-corrected chi connectivity index (χ1v) is 5.38. The third kappa shape index (κ3) is 1.08. The van der Waals surface area contributed by atoms with Crippen LogP contribution >= 0.6 is 11.6 Å². The zero-order valence-corrected chi connectivity index (χ0v) is 8.99. The Labute approximate surface area is 96.8 Å². The van der Waals surface area contributed by atoms with Crippen molar-refractivity contribution in [2.45, 2.75) is 5.38 Å². The molecule has 1 unspecified atom stereocenters. The Morgan fingerprint density at radius 2 is 1.69 bits per heavy atom. The lowest BCUT2D eigenvalue weighted by atomic mass is 9.87. The van der Waals surface area contributed by atoms with E-state index in [2.05, 4.69) is 0 Å². The van der Waals surface area contributed by atoms with Crippen LogP contribution in [-0.2, 0) is 4.79 Å². The molecule has 2 aromatic carbocycles. The van der Waals surface area contributed by atoms with Gasteiger partial charge in [0.25, 0.3) is 0 Å². The maximum Gasteiger partial charge on any atom is 0.231 e. The number of halogens is 1. The molecular weight excluding hydrogens is 224 g/mol. The van der Waals surface area contributed by atoms with Gasteiger partial charge >= 0.3 is 0 Å². The largest absolute Gasteiger partial charge is 0.288 e. The second kappa shape index (κ2) is 3.16. The average molecular weight is 231 g/mol. The van der Waals surface area contributed by atoms with Crippen molar-refractivity contribution in [3.05, 3.63) is 47.5 Å². The Morgan fingerprint density at radius 3 is 2.44 bits per heavy atom. The van der Waals surface area contributed by atoms with Crippen molar-refractivity contribution in [1.82, 2.24) is 0 Å². The Balaban J connectivity index is 2.52. The van der Waals surface area contributed by atoms with Gasteiger partial charge in [-0.05, 0) is 16.3 Å². The third-order valence-corrected chi connectivity index (χ3v) is 3.34. The first-order valence-electron chi connectivity index (χ1n) is 4.94. The molecular formula is C13H7ClO2. The fraction of sp³-hybridized carbons (Fsp3) is 0.0769. The van der Waals surface area contributed by atoms with Gasteiger partial charge in [0.1, 0.15) is 5.38 Å². The molecule has 16 heavy (non-hydrogen) atoms. The quantitative estimate of drug-likeness (QED) is 0.515. The molecule has 0 spiro atoms. The molecule has 2 nitrogen and oxygen atoms in total. The molecule has 0 aliphatic heterocycles. The first-order chi connectivity index (χ1) is 7.70. The van der Waals surface area contributed by atoms with Gasteiger partial charge in [0.2, 0.25) is 11.6 Å². The van der Waals surface area contributed by atoms with Crippen LogP contribution in [-0.4, -0.2) is 11.6 Å². The molecule has 0 saturated heterocycles. The number of carbonyl (C=O) groups is 2. The molecule has 0 bridgehead atoms. The van der Waals surface area contributed by atoms with Gasteiger partial charge in [-0.1, -0.05) is 36.4 Å². The summed E-state index contributed by atoms with van der Waals surface area (Å²) in [6, 6.07) is 10.9. The highest BCUT2D eigenvalue weighted by atomic mass is 35.5. The van der Waals surface area contributed by atoms with Crippen LogP contribution in [0.5, 0.6) is 0 Å². The number of carbonyl (C=O) groups excluding carboxylic acids is 2. The van der Waals surface area contributed by atoms with E-state index in [1.54, 1.807) is 18.2 Å². The summed E-state index contributed by atoms with van der Waals surface area (Å²) in [6.45, 7) is 0. The monoisotopic (exact) mass is 230 g/mol. The molecule has 0 radical (unpaired) electrons. The summed E-state index contributed by atoms with van der Waals surface area (Å²) in [5.74, 6) is -1.02. The summed E-state index contributed by atoms with van der Waals surface area (Å²) in [5, 5.41) is 0.919. The van der Waals surface area contributed by atoms with Crippen LogP contribution in [0.25, 0.3) is 10.8 Å². The number of benzene rings is 2. The lowest BCUT2D eigenvalue weighted by Gasteiger charge is -2.19. The van der Waals surface area contributed by atoms with Gasteiger partial charge in [-0.15, -0.1) is 11.6 Å². The Bertz CT molecular complexity index is 626. The van der Waals surface area contributed by atoms with E-state index < -0.39 is 16.9 Å². The summed E-state index contributed by atoms with van der Waals surface area (Å²) < 4.78 is 0. The average Bonchev–Trinajstić information content (AvgIpc) is 2.33. The Hall–Kier alpha value is -1.67. The zero-order chi connectivity index (χ0) is 11.3. The topological polar surface area (TPSA) is 34.1 Å². The Kier molecular flexibility index (Phi) is 1.88. The molecule has 0 N–H and O–H groups in total. The minimum Gasteiger partial charge on any atom is -0.288 e. The van der Waals surface area contributed by atoms with Crippen molar-refractivity contribution < 1.29 is 9.59 Å². The highest BCUT2D eigenvalue weighted by Crippen LogP contribution is 2.36. The molecule has 0 heterocycles. The summed E-state index contributed by atoms with van der Waals surface area (Å²) in [6.07, 6.45) is 0. The van der Waals surface area contributed by atoms with Gasteiger partial charge in [0.05, 0.1) is 0 Å². The number of alkyl halides is 1. The van der Waals surface area contributed by atoms with E-state index in [4.69, 9.17) is 11.6 Å². The molecule has 0 amide bonds. The van der Waals surface area contributed by atoms with Crippen LogP contribution in [0.4, 0.5) is 0 Å². The smallest absolute Gasteiger partial charge is 0.231 e. The van der Waals surface area contributed by atoms with Crippen molar-refractivity contribution in [2.24, 2.45) is 0 Å². The van der Waals surface area contributed by atoms with Gasteiger partial charge in [-0.2, -0.15) is 0 Å². The van der Waals surface area contributed by atoms with Gasteiger partial charge in [0, 0.05) is 5.56 Å². The van der Waals surface area contributed by atoms with Crippen molar-refractivity contribution in [3.63, 3.8) is 0 Å². The van der Waals surface area contributed by atoms with E-state index in [1.165, 1.54) is 0 Å². The first kappa shape index (κ1) is 9.55. The van der Waals surface area contributed by atoms with E-state index in [-0.39, 0.29) is 0 Å². The van der Waals surface area contributed by atoms with Crippen LogP contribution in [0, 0.1) is 0 Å². The molecule has 2 aromatic rings. The third-order valence-electron chi connectivity index (χ3n) is 2.91. The van der Waals surface area contributed by atoms with Crippen LogP contribution in [0.1, 0.15) is 21.3 Å². The van der Waals surface area contributed by atoms with Crippen LogP contribution in [0.15, 0.2) is 36.4 Å². The predicted octanol–water partition coefficient (Wildman–Crippen LogP) is 2.89. The highest BCUT2D eigenvalue weighted by molar-refractivity contribution is 6.56. The summed E-state index contributed by atoms with van der Waals surface area (Å²) in [7, 11) is 0. The van der Waals surface area contributed by atoms with Gasteiger partial charge in [-0.3, -0.25) is 9.59 Å². The van der Waals surface area contributed by atoms with Crippen molar-refractivity contribution >= 4 is 33.9 Å². The van der Waals surface area contributed by atoms with E-state index in [0.29, 0.717) is 5.56 Å². The molecule has 3 rings (SSSR count). The van der Waals surface area contributed by atoms with E-state index in [0.717, 1.165) is 16.3 Å². The number of rotatable bonds is 0. The van der Waals surface area contributed by atoms with Gasteiger partial charge < -0.3 is 0 Å². The molecule has 0 saturated carbocycles. The Morgan fingerprint density at radius 1 is 1.00 bits per heavy atom. The minimum atomic E-state index is -0.842. The number of hydrogen-bond acceptors (Lipinski definition) is 2. The normalized spacial score (nSPS) is 19.2. The van der Waals surface area contributed by atoms with Gasteiger partial charge in [0.15, 0.2) is 0 Å². The van der Waals surface area contributed by atoms with Crippen molar-refractivity contribution in [3.8, 4) is 0 Å². The van der Waals surface area contributed by atoms with Crippen LogP contribution in [0.2, 0.25) is 0 Å². The van der Waals surface area contributed by atoms with Crippen molar-refractivity contribution in [1.29, 1.82) is 0 Å². The molecule has 0 aromatic heterocycles. The second-order valence-electron chi connectivity index (χ2n) is 3.81. The lowest BCUT2D eigenvalue weighted by Crippen LogP contribution is -2.24. The lowest BCUT2D eigenvalue weighted by molar-refractivity contribution is -0.114. The predicted molar refractivity (Wildman–Crippen MR) is 61.9 cm³/mol.